The smallest absolute Gasteiger partial charge is 0.182 e. The molecular weight excluding hydrogens is 258 g/mol. The highest BCUT2D eigenvalue weighted by atomic mass is 16.1. The zero-order chi connectivity index (χ0) is 15.6. The van der Waals surface area contributed by atoms with E-state index in [0.29, 0.717) is 6.54 Å². The zero-order valence-corrected chi connectivity index (χ0v) is 13.5. The van der Waals surface area contributed by atoms with Crippen LogP contribution in [0.2, 0.25) is 0 Å². The first-order chi connectivity index (χ1) is 9.90. The van der Waals surface area contributed by atoms with Gasteiger partial charge in [0.05, 0.1) is 6.54 Å². The molecule has 0 aliphatic heterocycles. The molecule has 0 saturated carbocycles. The lowest BCUT2D eigenvalue weighted by Crippen LogP contribution is -2.27. The summed E-state index contributed by atoms with van der Waals surface area (Å²) >= 11 is 0. The lowest BCUT2D eigenvalue weighted by Gasteiger charge is -2.21. The third kappa shape index (κ3) is 3.33. The molecule has 0 fully saturated rings. The predicted molar refractivity (Wildman–Crippen MR) is 89.4 cm³/mol. The van der Waals surface area contributed by atoms with E-state index < -0.39 is 0 Å². The molecule has 0 radical (unpaired) electrons. The van der Waals surface area contributed by atoms with E-state index in [4.69, 9.17) is 0 Å². The van der Waals surface area contributed by atoms with Gasteiger partial charge in [-0.05, 0) is 50.5 Å². The topological polar surface area (TPSA) is 20.3 Å². The first kappa shape index (κ1) is 15.3. The molecule has 0 aliphatic rings. The molecule has 0 saturated heterocycles. The van der Waals surface area contributed by atoms with E-state index in [1.165, 1.54) is 11.1 Å². The van der Waals surface area contributed by atoms with Crippen molar-refractivity contribution in [1.82, 2.24) is 0 Å². The van der Waals surface area contributed by atoms with Crippen LogP contribution >= 0.6 is 0 Å². The Labute approximate surface area is 127 Å². The Kier molecular flexibility index (Phi) is 4.46. The largest absolute Gasteiger partial charge is 0.367 e. The Bertz CT molecular complexity index is 650. The van der Waals surface area contributed by atoms with Gasteiger partial charge in [0.1, 0.15) is 0 Å². The maximum Gasteiger partial charge on any atom is 0.182 e. The summed E-state index contributed by atoms with van der Waals surface area (Å²) in [6.45, 7) is 8.56. The van der Waals surface area contributed by atoms with Crippen molar-refractivity contribution < 1.29 is 4.79 Å². The Morgan fingerprint density at radius 2 is 1.52 bits per heavy atom. The maximum absolute atomic E-state index is 12.7. The first-order valence-electron chi connectivity index (χ1n) is 7.28. The Hall–Kier alpha value is -2.09. The number of hydrogen-bond acceptors (Lipinski definition) is 2. The molecule has 0 N–H and O–H groups in total. The minimum Gasteiger partial charge on any atom is -0.367 e. The molecule has 0 atom stereocenters. The number of aryl methyl sites for hydroxylation is 4. The summed E-state index contributed by atoms with van der Waals surface area (Å²) in [6, 6.07) is 12.3. The molecular formula is C19H23NO. The van der Waals surface area contributed by atoms with Crippen LogP contribution in [-0.2, 0) is 0 Å². The fourth-order valence-corrected chi connectivity index (χ4v) is 2.99. The van der Waals surface area contributed by atoms with Gasteiger partial charge in [-0.1, -0.05) is 35.9 Å². The second-order valence-electron chi connectivity index (χ2n) is 5.84. The summed E-state index contributed by atoms with van der Waals surface area (Å²) in [5, 5.41) is 0. The number of anilines is 1. The van der Waals surface area contributed by atoms with Crippen molar-refractivity contribution in [3.8, 4) is 0 Å². The molecule has 0 spiro atoms. The Morgan fingerprint density at radius 3 is 2.10 bits per heavy atom. The molecule has 2 heteroatoms. The van der Waals surface area contributed by atoms with Crippen LogP contribution < -0.4 is 4.90 Å². The number of benzene rings is 2. The fraction of sp³-hybridized carbons (Fsp3) is 0.316. The molecule has 0 unspecified atom stereocenters. The summed E-state index contributed by atoms with van der Waals surface area (Å²) in [7, 11) is 1.97. The molecule has 2 nitrogen and oxygen atoms in total. The molecule has 21 heavy (non-hydrogen) atoms. The van der Waals surface area contributed by atoms with Crippen LogP contribution in [0.5, 0.6) is 0 Å². The van der Waals surface area contributed by atoms with E-state index in [2.05, 4.69) is 38.1 Å². The van der Waals surface area contributed by atoms with Crippen LogP contribution in [0.4, 0.5) is 5.69 Å². The molecule has 0 bridgehead atoms. The summed E-state index contributed by atoms with van der Waals surface area (Å²) < 4.78 is 0. The van der Waals surface area contributed by atoms with E-state index in [1.54, 1.807) is 0 Å². The van der Waals surface area contributed by atoms with E-state index in [-0.39, 0.29) is 5.78 Å². The third-order valence-electron chi connectivity index (χ3n) is 3.86. The summed E-state index contributed by atoms with van der Waals surface area (Å²) in [5.74, 6) is 0.177. The van der Waals surface area contributed by atoms with Crippen LogP contribution in [0, 0.1) is 27.7 Å². The Morgan fingerprint density at radius 1 is 0.952 bits per heavy atom. The van der Waals surface area contributed by atoms with Crippen molar-refractivity contribution in [2.24, 2.45) is 0 Å². The highest BCUT2D eigenvalue weighted by Crippen LogP contribution is 2.21. The monoisotopic (exact) mass is 281 g/mol. The number of rotatable bonds is 4. The van der Waals surface area contributed by atoms with Crippen molar-refractivity contribution in [3.63, 3.8) is 0 Å². The van der Waals surface area contributed by atoms with Gasteiger partial charge in [0.25, 0.3) is 0 Å². The number of carbonyl (C=O) groups excluding carboxylic acids is 1. The van der Waals surface area contributed by atoms with Crippen molar-refractivity contribution >= 4 is 11.5 Å². The van der Waals surface area contributed by atoms with Crippen LogP contribution in [0.25, 0.3) is 0 Å². The zero-order valence-electron chi connectivity index (χ0n) is 13.5. The van der Waals surface area contributed by atoms with Crippen molar-refractivity contribution in [1.29, 1.82) is 0 Å². The molecule has 0 amide bonds. The van der Waals surface area contributed by atoms with E-state index in [1.807, 2.05) is 37.9 Å². The van der Waals surface area contributed by atoms with Gasteiger partial charge < -0.3 is 4.90 Å². The second kappa shape index (κ2) is 6.13. The molecule has 0 heterocycles. The lowest BCUT2D eigenvalue weighted by atomic mass is 9.96. The predicted octanol–water partition coefficient (Wildman–Crippen LogP) is 4.24. The third-order valence-corrected chi connectivity index (χ3v) is 3.86. The van der Waals surface area contributed by atoms with Crippen molar-refractivity contribution in [3.05, 3.63) is 64.2 Å². The lowest BCUT2D eigenvalue weighted by molar-refractivity contribution is 0.0999. The van der Waals surface area contributed by atoms with Crippen LogP contribution in [-0.4, -0.2) is 19.4 Å². The average Bonchev–Trinajstić information content (AvgIpc) is 2.37. The standard InChI is InChI=1S/C19H23NO/c1-13-10-15(3)19(16(4)11-13)18(21)12-20(5)17-9-7-6-8-14(17)2/h6-11H,12H2,1-5H3. The number of carbonyl (C=O) groups is 1. The van der Waals surface area contributed by atoms with E-state index in [9.17, 15) is 4.79 Å². The van der Waals surface area contributed by atoms with E-state index in [0.717, 1.165) is 22.4 Å². The van der Waals surface area contributed by atoms with Gasteiger partial charge in [-0.3, -0.25) is 4.79 Å². The highest BCUT2D eigenvalue weighted by Gasteiger charge is 2.15. The number of Topliss-reactive ketones (excluding diaryl/α,β-unsaturated/α-hetero) is 1. The molecule has 0 aliphatic carbocycles. The van der Waals surface area contributed by atoms with Gasteiger partial charge in [0.15, 0.2) is 5.78 Å². The number of likely N-dealkylation sites (N-methyl/N-ethyl adjacent to an activating group) is 1. The van der Waals surface area contributed by atoms with Crippen LogP contribution in [0.3, 0.4) is 0 Å². The minimum absolute atomic E-state index is 0.177. The average molecular weight is 281 g/mol. The van der Waals surface area contributed by atoms with Gasteiger partial charge in [-0.25, -0.2) is 0 Å². The van der Waals surface area contributed by atoms with Gasteiger partial charge in [0, 0.05) is 18.3 Å². The summed E-state index contributed by atoms with van der Waals surface area (Å²) in [5.41, 5.74) is 6.49. The number of hydrogen-bond donors (Lipinski definition) is 0. The van der Waals surface area contributed by atoms with Crippen LogP contribution in [0.15, 0.2) is 36.4 Å². The fourth-order valence-electron chi connectivity index (χ4n) is 2.99. The maximum atomic E-state index is 12.7. The number of nitrogens with zero attached hydrogens (tertiary/aromatic N) is 1. The van der Waals surface area contributed by atoms with Crippen molar-refractivity contribution in [2.75, 3.05) is 18.5 Å². The first-order valence-corrected chi connectivity index (χ1v) is 7.28. The number of ketones is 1. The van der Waals surface area contributed by atoms with Crippen molar-refractivity contribution in [2.45, 2.75) is 27.7 Å². The second-order valence-corrected chi connectivity index (χ2v) is 5.84. The van der Waals surface area contributed by atoms with Gasteiger partial charge in [-0.2, -0.15) is 0 Å². The molecule has 0 aromatic heterocycles. The highest BCUT2D eigenvalue weighted by molar-refractivity contribution is 6.01. The van der Waals surface area contributed by atoms with Crippen LogP contribution in [0.1, 0.15) is 32.6 Å². The molecule has 110 valence electrons. The van der Waals surface area contributed by atoms with Gasteiger partial charge >= 0.3 is 0 Å². The Balaban J connectivity index is 2.25. The molecule has 2 rings (SSSR count). The van der Waals surface area contributed by atoms with Gasteiger partial charge in [0.2, 0.25) is 0 Å². The quantitative estimate of drug-likeness (QED) is 0.781. The summed E-state index contributed by atoms with van der Waals surface area (Å²) in [6.07, 6.45) is 0. The summed E-state index contributed by atoms with van der Waals surface area (Å²) in [4.78, 5) is 14.7. The molecule has 2 aromatic rings. The minimum atomic E-state index is 0.177. The molecule has 2 aromatic carbocycles. The van der Waals surface area contributed by atoms with Gasteiger partial charge in [-0.15, -0.1) is 0 Å². The number of para-hydroxylation sites is 1. The van der Waals surface area contributed by atoms with E-state index >= 15 is 0 Å². The normalized spacial score (nSPS) is 10.5. The SMILES string of the molecule is Cc1cc(C)c(C(=O)CN(C)c2ccccc2C)c(C)c1.